The van der Waals surface area contributed by atoms with Crippen LogP contribution in [-0.2, 0) is 23.1 Å². The van der Waals surface area contributed by atoms with Gasteiger partial charge in [-0.2, -0.15) is 4.31 Å². The monoisotopic (exact) mass is 481 g/mol. The Kier molecular flexibility index (Phi) is 7.70. The zero-order chi connectivity index (χ0) is 24.9. The predicted molar refractivity (Wildman–Crippen MR) is 129 cm³/mol. The first-order chi connectivity index (χ1) is 16.1. The fourth-order valence-corrected chi connectivity index (χ4v) is 4.83. The summed E-state index contributed by atoms with van der Waals surface area (Å²) in [6.07, 6.45) is 0. The number of benzene rings is 3. The van der Waals surface area contributed by atoms with Crippen molar-refractivity contribution in [2.45, 2.75) is 18.0 Å². The third-order valence-corrected chi connectivity index (χ3v) is 7.15. The Labute approximate surface area is 199 Å². The van der Waals surface area contributed by atoms with Crippen LogP contribution < -0.4 is 10.5 Å². The lowest BCUT2D eigenvalue weighted by Crippen LogP contribution is -2.29. The maximum absolute atomic E-state index is 13.3. The molecule has 0 unspecified atom stereocenters. The second-order valence-corrected chi connectivity index (χ2v) is 9.85. The lowest BCUT2D eigenvalue weighted by molar-refractivity contribution is 0.0784. The van der Waals surface area contributed by atoms with E-state index in [0.717, 1.165) is 11.1 Å². The Bertz CT molecular complexity index is 1290. The summed E-state index contributed by atoms with van der Waals surface area (Å²) in [5.74, 6) is -0.789. The zero-order valence-corrected chi connectivity index (χ0v) is 20.1. The first-order valence-electron chi connectivity index (χ1n) is 10.5. The van der Waals surface area contributed by atoms with Crippen LogP contribution in [0.3, 0.4) is 0 Å². The van der Waals surface area contributed by atoms with Crippen LogP contribution in [0, 0.1) is 0 Å². The molecule has 0 atom stereocenters. The van der Waals surface area contributed by atoms with Crippen molar-refractivity contribution in [3.8, 4) is 5.75 Å². The molecule has 0 saturated carbocycles. The summed E-state index contributed by atoms with van der Waals surface area (Å²) in [6.45, 7) is 0.378. The van der Waals surface area contributed by atoms with Crippen LogP contribution in [0.1, 0.15) is 31.8 Å². The van der Waals surface area contributed by atoms with Gasteiger partial charge in [-0.15, -0.1) is 0 Å². The third kappa shape index (κ3) is 5.62. The molecule has 2 N–H and O–H groups in total. The van der Waals surface area contributed by atoms with E-state index in [9.17, 15) is 18.0 Å². The summed E-state index contributed by atoms with van der Waals surface area (Å²) >= 11 is 0. The normalized spacial score (nSPS) is 11.3. The highest BCUT2D eigenvalue weighted by Crippen LogP contribution is 2.29. The molecule has 178 valence electrons. The van der Waals surface area contributed by atoms with Crippen LogP contribution in [0.4, 0.5) is 0 Å². The van der Waals surface area contributed by atoms with Crippen molar-refractivity contribution in [1.82, 2.24) is 9.21 Å². The van der Waals surface area contributed by atoms with E-state index in [4.69, 9.17) is 10.5 Å². The number of carbonyl (C=O) groups excluding carboxylic acids is 2. The average molecular weight is 482 g/mol. The molecule has 0 aliphatic heterocycles. The van der Waals surface area contributed by atoms with Gasteiger partial charge in [0.15, 0.2) is 0 Å². The molecular weight excluding hydrogens is 454 g/mol. The predicted octanol–water partition coefficient (Wildman–Crippen LogP) is 2.89. The van der Waals surface area contributed by atoms with E-state index in [2.05, 4.69) is 0 Å². The van der Waals surface area contributed by atoms with E-state index < -0.39 is 15.9 Å². The molecule has 0 aromatic heterocycles. The van der Waals surface area contributed by atoms with E-state index in [1.165, 1.54) is 41.6 Å². The topological polar surface area (TPSA) is 110 Å². The van der Waals surface area contributed by atoms with Gasteiger partial charge in [0.1, 0.15) is 10.6 Å². The molecule has 8 nitrogen and oxygen atoms in total. The van der Waals surface area contributed by atoms with E-state index in [-0.39, 0.29) is 35.2 Å². The van der Waals surface area contributed by atoms with Gasteiger partial charge in [0.25, 0.3) is 5.91 Å². The van der Waals surface area contributed by atoms with Crippen LogP contribution in [0.5, 0.6) is 5.75 Å². The van der Waals surface area contributed by atoms with Crippen molar-refractivity contribution in [2.24, 2.45) is 5.73 Å². The highest BCUT2D eigenvalue weighted by molar-refractivity contribution is 7.89. The SMILES string of the molecule is COc1ccc(C(=O)N(C)Cc2cccc(C(N)=O)c2)cc1S(=O)(=O)N(C)Cc1ccccc1. The van der Waals surface area contributed by atoms with Gasteiger partial charge in [0.2, 0.25) is 15.9 Å². The fraction of sp³-hybridized carbons (Fsp3) is 0.200. The fourth-order valence-electron chi connectivity index (χ4n) is 3.49. The summed E-state index contributed by atoms with van der Waals surface area (Å²) in [6, 6.07) is 20.2. The number of rotatable bonds is 9. The molecule has 0 saturated heterocycles. The van der Waals surface area contributed by atoms with Gasteiger partial charge in [-0.3, -0.25) is 9.59 Å². The van der Waals surface area contributed by atoms with Crippen LogP contribution in [0.25, 0.3) is 0 Å². The highest BCUT2D eigenvalue weighted by atomic mass is 32.2. The van der Waals surface area contributed by atoms with Gasteiger partial charge in [-0.25, -0.2) is 8.42 Å². The number of sulfonamides is 1. The number of methoxy groups -OCH3 is 1. The summed E-state index contributed by atoms with van der Waals surface area (Å²) in [5.41, 5.74) is 7.42. The minimum atomic E-state index is -3.95. The van der Waals surface area contributed by atoms with Crippen molar-refractivity contribution in [1.29, 1.82) is 0 Å². The Morgan fingerprint density at radius 1 is 0.853 bits per heavy atom. The summed E-state index contributed by atoms with van der Waals surface area (Å²) in [5, 5.41) is 0. The van der Waals surface area contributed by atoms with E-state index >= 15 is 0 Å². The Hall–Kier alpha value is -3.69. The summed E-state index contributed by atoms with van der Waals surface area (Å²) in [4.78, 5) is 25.9. The van der Waals surface area contributed by atoms with Crippen molar-refractivity contribution in [3.05, 3.63) is 95.1 Å². The lowest BCUT2D eigenvalue weighted by Gasteiger charge is -2.21. The van der Waals surface area contributed by atoms with Crippen LogP contribution in [0.2, 0.25) is 0 Å². The molecule has 3 rings (SSSR count). The minimum absolute atomic E-state index is 0.0941. The number of nitrogens with zero attached hydrogens (tertiary/aromatic N) is 2. The van der Waals surface area contributed by atoms with Crippen LogP contribution in [-0.4, -0.2) is 50.6 Å². The third-order valence-electron chi connectivity index (χ3n) is 5.32. The second kappa shape index (κ2) is 10.5. The molecule has 9 heteroatoms. The summed E-state index contributed by atoms with van der Waals surface area (Å²) in [7, 11) is 0.507. The van der Waals surface area contributed by atoms with Crippen molar-refractivity contribution in [3.63, 3.8) is 0 Å². The molecule has 0 spiro atoms. The van der Waals surface area contributed by atoms with Crippen LogP contribution in [0.15, 0.2) is 77.7 Å². The molecular formula is C25H27N3O5S. The number of primary amides is 1. The molecule has 0 heterocycles. The smallest absolute Gasteiger partial charge is 0.253 e. The van der Waals surface area contributed by atoms with E-state index in [1.807, 2.05) is 30.3 Å². The largest absolute Gasteiger partial charge is 0.495 e. The van der Waals surface area contributed by atoms with Crippen molar-refractivity contribution < 1.29 is 22.7 Å². The van der Waals surface area contributed by atoms with E-state index in [1.54, 1.807) is 31.3 Å². The maximum atomic E-state index is 13.3. The molecule has 3 aromatic rings. The van der Waals surface area contributed by atoms with Gasteiger partial charge >= 0.3 is 0 Å². The molecule has 0 bridgehead atoms. The quantitative estimate of drug-likeness (QED) is 0.505. The van der Waals surface area contributed by atoms with Gasteiger partial charge in [0, 0.05) is 38.3 Å². The Morgan fingerprint density at radius 2 is 1.53 bits per heavy atom. The van der Waals surface area contributed by atoms with Gasteiger partial charge in [-0.1, -0.05) is 42.5 Å². The van der Waals surface area contributed by atoms with Gasteiger partial charge in [0.05, 0.1) is 7.11 Å². The number of nitrogens with two attached hydrogens (primary N) is 1. The van der Waals surface area contributed by atoms with Gasteiger partial charge in [-0.05, 0) is 41.5 Å². The molecule has 0 aliphatic rings. The molecule has 34 heavy (non-hydrogen) atoms. The van der Waals surface area contributed by atoms with Crippen molar-refractivity contribution >= 4 is 21.8 Å². The first kappa shape index (κ1) is 24.9. The highest BCUT2D eigenvalue weighted by Gasteiger charge is 2.27. The second-order valence-electron chi connectivity index (χ2n) is 7.84. The standard InChI is InChI=1S/C25H27N3O5S/c1-27(16-19-10-7-11-20(14-19)24(26)29)25(30)21-12-13-22(33-3)23(15-21)34(31,32)28(2)17-18-8-5-4-6-9-18/h4-15H,16-17H2,1-3H3,(H2,26,29). The lowest BCUT2D eigenvalue weighted by atomic mass is 10.1. The van der Waals surface area contributed by atoms with Crippen LogP contribution >= 0.6 is 0 Å². The molecule has 2 amide bonds. The number of ether oxygens (including phenoxy) is 1. The van der Waals surface area contributed by atoms with Crippen molar-refractivity contribution in [2.75, 3.05) is 21.2 Å². The number of carbonyl (C=O) groups is 2. The average Bonchev–Trinajstić information content (AvgIpc) is 2.83. The number of hydrogen-bond acceptors (Lipinski definition) is 5. The Balaban J connectivity index is 1.87. The molecule has 0 radical (unpaired) electrons. The maximum Gasteiger partial charge on any atom is 0.253 e. The molecule has 3 aromatic carbocycles. The Morgan fingerprint density at radius 3 is 2.18 bits per heavy atom. The van der Waals surface area contributed by atoms with E-state index in [0.29, 0.717) is 5.56 Å². The molecule has 0 fully saturated rings. The number of hydrogen-bond donors (Lipinski definition) is 1. The minimum Gasteiger partial charge on any atom is -0.495 e. The summed E-state index contributed by atoms with van der Waals surface area (Å²) < 4.78 is 33.2. The first-order valence-corrected chi connectivity index (χ1v) is 11.9. The number of amides is 2. The van der Waals surface area contributed by atoms with Gasteiger partial charge < -0.3 is 15.4 Å². The molecule has 0 aliphatic carbocycles. The zero-order valence-electron chi connectivity index (χ0n) is 19.3.